The summed E-state index contributed by atoms with van der Waals surface area (Å²) in [5, 5.41) is 0.830. The molecule has 0 atom stereocenters. The molecule has 20 heavy (non-hydrogen) atoms. The Labute approximate surface area is 116 Å². The smallest absolute Gasteiger partial charge is 0.229 e. The molecule has 2 heterocycles. The second-order valence-corrected chi connectivity index (χ2v) is 6.16. The molecule has 0 saturated carbocycles. The number of furan rings is 1. The molecule has 1 aromatic carbocycles. The van der Waals surface area contributed by atoms with Crippen LogP contribution >= 0.6 is 0 Å². The number of sulfonamides is 1. The van der Waals surface area contributed by atoms with E-state index in [-0.39, 0.29) is 0 Å². The first-order valence-corrected chi connectivity index (χ1v) is 7.83. The van der Waals surface area contributed by atoms with Gasteiger partial charge in [0, 0.05) is 17.1 Å². The van der Waals surface area contributed by atoms with Crippen LogP contribution in [-0.4, -0.2) is 19.7 Å². The quantitative estimate of drug-likeness (QED) is 0.804. The van der Waals surface area contributed by atoms with Gasteiger partial charge < -0.3 is 4.42 Å². The third-order valence-electron chi connectivity index (χ3n) is 2.85. The molecule has 0 aliphatic carbocycles. The molecule has 0 saturated heterocycles. The van der Waals surface area contributed by atoms with Gasteiger partial charge in [0.2, 0.25) is 10.0 Å². The van der Waals surface area contributed by atoms with Crippen LogP contribution in [0, 0.1) is 0 Å². The molecule has 0 aliphatic rings. The predicted molar refractivity (Wildman–Crippen MR) is 77.9 cm³/mol. The molecule has 0 fully saturated rings. The average Bonchev–Trinajstić information content (AvgIpc) is 2.91. The normalized spacial score (nSPS) is 11.7. The van der Waals surface area contributed by atoms with E-state index in [1.165, 1.54) is 0 Å². The summed E-state index contributed by atoms with van der Waals surface area (Å²) in [4.78, 5) is 4.27. The van der Waals surface area contributed by atoms with Gasteiger partial charge in [-0.2, -0.15) is 0 Å². The summed E-state index contributed by atoms with van der Waals surface area (Å²) in [5.41, 5.74) is 1.92. The van der Waals surface area contributed by atoms with Crippen LogP contribution in [0.5, 0.6) is 0 Å². The largest absolute Gasteiger partial charge is 0.464 e. The van der Waals surface area contributed by atoms with Crippen molar-refractivity contribution in [3.05, 3.63) is 48.9 Å². The third-order valence-corrected chi connectivity index (χ3v) is 3.44. The molecule has 0 aliphatic heterocycles. The highest BCUT2D eigenvalue weighted by atomic mass is 32.2. The summed E-state index contributed by atoms with van der Waals surface area (Å²) < 4.78 is 30.7. The van der Waals surface area contributed by atoms with Crippen molar-refractivity contribution in [3.63, 3.8) is 0 Å². The molecule has 0 bridgehead atoms. The first-order valence-electron chi connectivity index (χ1n) is 5.94. The van der Waals surface area contributed by atoms with E-state index in [1.807, 2.05) is 18.2 Å². The predicted octanol–water partition coefficient (Wildman–Crippen LogP) is 2.87. The fourth-order valence-corrected chi connectivity index (χ4v) is 2.67. The summed E-state index contributed by atoms with van der Waals surface area (Å²) in [7, 11) is -3.35. The van der Waals surface area contributed by atoms with E-state index in [1.54, 1.807) is 30.7 Å². The number of hydrogen-bond donors (Lipinski definition) is 1. The summed E-state index contributed by atoms with van der Waals surface area (Å²) in [6.45, 7) is 0. The lowest BCUT2D eigenvalue weighted by molar-refractivity contribution is 0.583. The van der Waals surface area contributed by atoms with Crippen LogP contribution in [0.15, 0.2) is 53.3 Å². The number of anilines is 1. The molecule has 102 valence electrons. The Kier molecular flexibility index (Phi) is 2.94. The van der Waals surface area contributed by atoms with E-state index in [0.29, 0.717) is 17.0 Å². The lowest BCUT2D eigenvalue weighted by Gasteiger charge is -2.09. The first kappa shape index (κ1) is 12.7. The molecule has 3 rings (SSSR count). The zero-order valence-corrected chi connectivity index (χ0v) is 11.5. The molecule has 0 unspecified atom stereocenters. The van der Waals surface area contributed by atoms with Gasteiger partial charge in [-0.05, 0) is 30.3 Å². The van der Waals surface area contributed by atoms with Crippen molar-refractivity contribution in [2.75, 3.05) is 11.0 Å². The number of nitrogens with zero attached hydrogens (tertiary/aromatic N) is 1. The second kappa shape index (κ2) is 4.64. The summed E-state index contributed by atoms with van der Waals surface area (Å²) in [6, 6.07) is 10.9. The Bertz CT molecular complexity index is 855. The lowest BCUT2D eigenvalue weighted by atomic mass is 10.1. The molecule has 0 spiro atoms. The minimum atomic E-state index is -3.35. The minimum absolute atomic E-state index is 0.457. The van der Waals surface area contributed by atoms with Crippen molar-refractivity contribution < 1.29 is 12.8 Å². The van der Waals surface area contributed by atoms with Gasteiger partial charge in [0.1, 0.15) is 5.76 Å². The van der Waals surface area contributed by atoms with Gasteiger partial charge >= 0.3 is 0 Å². The lowest BCUT2D eigenvalue weighted by Crippen LogP contribution is -2.10. The van der Waals surface area contributed by atoms with Gasteiger partial charge in [-0.25, -0.2) is 8.42 Å². The van der Waals surface area contributed by atoms with Crippen molar-refractivity contribution in [1.82, 2.24) is 4.98 Å². The first-order chi connectivity index (χ1) is 9.54. The Morgan fingerprint density at radius 1 is 1.15 bits per heavy atom. The number of benzene rings is 1. The topological polar surface area (TPSA) is 72.2 Å². The Morgan fingerprint density at radius 3 is 2.70 bits per heavy atom. The highest BCUT2D eigenvalue weighted by Crippen LogP contribution is 2.32. The van der Waals surface area contributed by atoms with Crippen molar-refractivity contribution in [2.45, 2.75) is 0 Å². The molecule has 3 aromatic rings. The van der Waals surface area contributed by atoms with Crippen molar-refractivity contribution >= 4 is 26.6 Å². The molecule has 6 heteroatoms. The van der Waals surface area contributed by atoms with Crippen LogP contribution in [-0.2, 0) is 10.0 Å². The van der Waals surface area contributed by atoms with Crippen molar-refractivity contribution in [1.29, 1.82) is 0 Å². The SMILES string of the molecule is CS(=O)(=O)Nc1ccc(-c2ccco2)c2cccnc12. The number of pyridine rings is 1. The molecular formula is C14H12N2O3S. The fourth-order valence-electron chi connectivity index (χ4n) is 2.10. The molecule has 5 nitrogen and oxygen atoms in total. The molecule has 0 amide bonds. The van der Waals surface area contributed by atoms with Gasteiger partial charge in [-0.3, -0.25) is 9.71 Å². The van der Waals surface area contributed by atoms with E-state index in [2.05, 4.69) is 9.71 Å². The number of nitrogens with one attached hydrogen (secondary N) is 1. The maximum Gasteiger partial charge on any atom is 0.229 e. The number of aromatic nitrogens is 1. The van der Waals surface area contributed by atoms with E-state index in [4.69, 9.17) is 4.42 Å². The second-order valence-electron chi connectivity index (χ2n) is 4.41. The van der Waals surface area contributed by atoms with Crippen LogP contribution in [0.1, 0.15) is 0 Å². The maximum absolute atomic E-state index is 11.4. The highest BCUT2D eigenvalue weighted by molar-refractivity contribution is 7.92. The van der Waals surface area contributed by atoms with Crippen LogP contribution in [0.2, 0.25) is 0 Å². The third kappa shape index (κ3) is 2.37. The van der Waals surface area contributed by atoms with Crippen LogP contribution in [0.3, 0.4) is 0 Å². The number of fused-ring (bicyclic) bond motifs is 1. The van der Waals surface area contributed by atoms with Gasteiger partial charge in [0.05, 0.1) is 23.7 Å². The van der Waals surface area contributed by atoms with Crippen molar-refractivity contribution in [2.24, 2.45) is 0 Å². The molecule has 1 N–H and O–H groups in total. The van der Waals surface area contributed by atoms with E-state index >= 15 is 0 Å². The molecule has 0 radical (unpaired) electrons. The average molecular weight is 288 g/mol. The zero-order valence-electron chi connectivity index (χ0n) is 10.7. The molecule has 2 aromatic heterocycles. The van der Waals surface area contributed by atoms with Gasteiger partial charge in [-0.1, -0.05) is 6.07 Å². The number of hydrogen-bond acceptors (Lipinski definition) is 4. The summed E-state index contributed by atoms with van der Waals surface area (Å²) in [5.74, 6) is 0.717. The standard InChI is InChI=1S/C14H12N2O3S/c1-20(17,18)16-12-7-6-10(13-5-3-9-19-13)11-4-2-8-15-14(11)12/h2-9,16H,1H3. The monoisotopic (exact) mass is 288 g/mol. The van der Waals surface area contributed by atoms with Crippen molar-refractivity contribution in [3.8, 4) is 11.3 Å². The Morgan fingerprint density at radius 2 is 2.00 bits per heavy atom. The Balaban J connectivity index is 2.25. The minimum Gasteiger partial charge on any atom is -0.464 e. The van der Waals surface area contributed by atoms with E-state index in [9.17, 15) is 8.42 Å². The Hall–Kier alpha value is -2.34. The maximum atomic E-state index is 11.4. The van der Waals surface area contributed by atoms with E-state index < -0.39 is 10.0 Å². The zero-order chi connectivity index (χ0) is 14.2. The number of rotatable bonds is 3. The van der Waals surface area contributed by atoms with Gasteiger partial charge in [0.25, 0.3) is 0 Å². The van der Waals surface area contributed by atoms with Gasteiger partial charge in [0.15, 0.2) is 0 Å². The van der Waals surface area contributed by atoms with E-state index in [0.717, 1.165) is 17.2 Å². The summed E-state index contributed by atoms with van der Waals surface area (Å²) >= 11 is 0. The van der Waals surface area contributed by atoms with Crippen LogP contribution in [0.4, 0.5) is 5.69 Å². The van der Waals surface area contributed by atoms with Crippen LogP contribution < -0.4 is 4.72 Å². The van der Waals surface area contributed by atoms with Crippen LogP contribution in [0.25, 0.3) is 22.2 Å². The highest BCUT2D eigenvalue weighted by Gasteiger charge is 2.12. The summed E-state index contributed by atoms with van der Waals surface area (Å²) in [6.07, 6.45) is 4.34. The van der Waals surface area contributed by atoms with Gasteiger partial charge in [-0.15, -0.1) is 0 Å². The fraction of sp³-hybridized carbons (Fsp3) is 0.0714. The molecular weight excluding hydrogens is 276 g/mol.